The highest BCUT2D eigenvalue weighted by atomic mass is 16.6. The number of ether oxygens (including phenoxy) is 1. The maximum Gasteiger partial charge on any atom is 0.347 e. The van der Waals surface area contributed by atoms with Crippen LogP contribution >= 0.6 is 0 Å². The topological polar surface area (TPSA) is 56.5 Å². The van der Waals surface area contributed by atoms with E-state index in [1.165, 1.54) is 12.8 Å². The van der Waals surface area contributed by atoms with E-state index >= 15 is 0 Å². The van der Waals surface area contributed by atoms with Crippen LogP contribution in [0, 0.1) is 5.41 Å². The van der Waals surface area contributed by atoms with Gasteiger partial charge in [-0.3, -0.25) is 0 Å². The first-order valence-electron chi connectivity index (χ1n) is 12.8. The van der Waals surface area contributed by atoms with Crippen LogP contribution in [0.1, 0.15) is 36.1 Å². The van der Waals surface area contributed by atoms with Crippen molar-refractivity contribution in [2.45, 2.75) is 32.2 Å². The quantitative estimate of drug-likeness (QED) is 0.307. The second kappa shape index (κ2) is 7.68. The minimum Gasteiger partial charge on any atom is -0.386 e. The first-order valence-corrected chi connectivity index (χ1v) is 12.8. The summed E-state index contributed by atoms with van der Waals surface area (Å²) in [7, 11) is 4.17. The summed E-state index contributed by atoms with van der Waals surface area (Å²) in [6.45, 7) is 3.12. The highest BCUT2D eigenvalue weighted by molar-refractivity contribution is 6.47. The van der Waals surface area contributed by atoms with Crippen molar-refractivity contribution in [3.05, 3.63) is 71.5 Å². The molecule has 1 spiro atoms. The monoisotopic (exact) mass is 479 g/mol. The number of nitrogens with zero attached hydrogens (tertiary/aromatic N) is 3. The van der Waals surface area contributed by atoms with Gasteiger partial charge in [-0.15, -0.1) is 0 Å². The molecule has 2 aromatic heterocycles. The van der Waals surface area contributed by atoms with E-state index in [1.54, 1.807) is 0 Å². The van der Waals surface area contributed by atoms with E-state index in [0.717, 1.165) is 71.1 Å². The number of esters is 2. The van der Waals surface area contributed by atoms with Crippen LogP contribution in [-0.2, 0) is 34.3 Å². The average Bonchev–Trinajstić information content (AvgIpc) is 3.46. The molecular formula is C30H29N3O3. The molecule has 7 rings (SSSR count). The predicted molar refractivity (Wildman–Crippen MR) is 140 cm³/mol. The SMILES string of the molecule is CN1CCCC2(CCn3c(c(C4=C(c5cn(C)c6ccccc56)C(=O)OC4=O)c4ccccc43)C2)C1. The molecule has 5 heterocycles. The zero-order chi connectivity index (χ0) is 24.6. The zero-order valence-electron chi connectivity index (χ0n) is 20.7. The number of rotatable bonds is 2. The minimum absolute atomic E-state index is 0.193. The van der Waals surface area contributed by atoms with E-state index in [2.05, 4.69) is 34.7 Å². The molecule has 3 aliphatic heterocycles. The maximum absolute atomic E-state index is 13.4. The van der Waals surface area contributed by atoms with Crippen LogP contribution < -0.4 is 0 Å². The van der Waals surface area contributed by atoms with Crippen LogP contribution in [0.25, 0.3) is 33.0 Å². The fourth-order valence-electron chi connectivity index (χ4n) is 7.07. The number of hydrogen-bond donors (Lipinski definition) is 0. The number of cyclic esters (lactones) is 2. The molecule has 0 amide bonds. The van der Waals surface area contributed by atoms with Crippen molar-refractivity contribution < 1.29 is 14.3 Å². The molecule has 1 saturated heterocycles. The van der Waals surface area contributed by atoms with Gasteiger partial charge in [-0.1, -0.05) is 36.4 Å². The normalized spacial score (nSPS) is 22.7. The number of para-hydroxylation sites is 2. The molecule has 182 valence electrons. The van der Waals surface area contributed by atoms with Crippen LogP contribution in [0.15, 0.2) is 54.7 Å². The number of carbonyl (C=O) groups is 2. The first-order chi connectivity index (χ1) is 17.5. The molecule has 3 aliphatic rings. The summed E-state index contributed by atoms with van der Waals surface area (Å²) in [5.41, 5.74) is 5.94. The van der Waals surface area contributed by atoms with Crippen molar-refractivity contribution in [1.29, 1.82) is 0 Å². The third kappa shape index (κ3) is 3.00. The second-order valence-electron chi connectivity index (χ2n) is 10.9. The number of hydrogen-bond acceptors (Lipinski definition) is 4. The van der Waals surface area contributed by atoms with Gasteiger partial charge in [0.05, 0.1) is 11.1 Å². The van der Waals surface area contributed by atoms with E-state index in [0.29, 0.717) is 11.1 Å². The number of carbonyl (C=O) groups excluding carboxylic acids is 2. The molecule has 0 saturated carbocycles. The number of piperidine rings is 1. The molecular weight excluding hydrogens is 450 g/mol. The zero-order valence-corrected chi connectivity index (χ0v) is 20.7. The third-order valence-electron chi connectivity index (χ3n) is 8.60. The second-order valence-corrected chi connectivity index (χ2v) is 10.9. The van der Waals surface area contributed by atoms with E-state index in [9.17, 15) is 9.59 Å². The Morgan fingerprint density at radius 2 is 1.56 bits per heavy atom. The smallest absolute Gasteiger partial charge is 0.347 e. The van der Waals surface area contributed by atoms with Crippen LogP contribution in [-0.4, -0.2) is 46.1 Å². The Balaban J connectivity index is 1.52. The number of likely N-dealkylation sites (tertiary alicyclic amines) is 1. The van der Waals surface area contributed by atoms with Gasteiger partial charge in [0.15, 0.2) is 0 Å². The predicted octanol–water partition coefficient (Wildman–Crippen LogP) is 4.79. The summed E-state index contributed by atoms with van der Waals surface area (Å²) < 4.78 is 9.73. The highest BCUT2D eigenvalue weighted by Gasteiger charge is 2.43. The standard InChI is InChI=1S/C30H29N3O3/c1-31-14-7-12-30(18-31)13-15-33-23-11-6-4-9-20(23)25(24(33)16-30)27-26(28(34)36-29(27)35)21-17-32(2)22-10-5-3-8-19(21)22/h3-6,8-11,17H,7,12-16,18H2,1-2H3. The highest BCUT2D eigenvalue weighted by Crippen LogP contribution is 2.48. The molecule has 0 N–H and O–H groups in total. The van der Waals surface area contributed by atoms with Crippen molar-refractivity contribution in [1.82, 2.24) is 14.0 Å². The van der Waals surface area contributed by atoms with Crippen molar-refractivity contribution >= 4 is 44.9 Å². The lowest BCUT2D eigenvalue weighted by atomic mass is 9.71. The molecule has 2 aromatic carbocycles. The van der Waals surface area contributed by atoms with Crippen LogP contribution in [0.3, 0.4) is 0 Å². The number of benzene rings is 2. The van der Waals surface area contributed by atoms with Gasteiger partial charge in [0.1, 0.15) is 0 Å². The molecule has 4 aromatic rings. The van der Waals surface area contributed by atoms with Crippen LogP contribution in [0.2, 0.25) is 0 Å². The van der Waals surface area contributed by atoms with Gasteiger partial charge in [0, 0.05) is 65.0 Å². The van der Waals surface area contributed by atoms with Gasteiger partial charge >= 0.3 is 11.9 Å². The lowest BCUT2D eigenvalue weighted by Crippen LogP contribution is -2.45. The fourth-order valence-corrected chi connectivity index (χ4v) is 7.07. The largest absolute Gasteiger partial charge is 0.386 e. The Morgan fingerprint density at radius 3 is 2.36 bits per heavy atom. The molecule has 1 fully saturated rings. The molecule has 6 heteroatoms. The Labute approximate surface area is 209 Å². The summed E-state index contributed by atoms with van der Waals surface area (Å²) >= 11 is 0. The molecule has 6 nitrogen and oxygen atoms in total. The molecule has 36 heavy (non-hydrogen) atoms. The minimum atomic E-state index is -0.557. The van der Waals surface area contributed by atoms with Gasteiger partial charge in [0.2, 0.25) is 0 Å². The number of fused-ring (bicyclic) bond motifs is 4. The molecule has 0 radical (unpaired) electrons. The van der Waals surface area contributed by atoms with Crippen LogP contribution in [0.5, 0.6) is 0 Å². The Kier molecular flexibility index (Phi) is 4.61. The van der Waals surface area contributed by atoms with E-state index in [4.69, 9.17) is 4.74 Å². The molecule has 1 unspecified atom stereocenters. The number of aromatic nitrogens is 2. The fraction of sp³-hybridized carbons (Fsp3) is 0.333. The van der Waals surface area contributed by atoms with Crippen molar-refractivity contribution in [3.8, 4) is 0 Å². The Hall–Kier alpha value is -3.64. The van der Waals surface area contributed by atoms with E-state index < -0.39 is 11.9 Å². The first kappa shape index (κ1) is 21.6. The van der Waals surface area contributed by atoms with Crippen LogP contribution in [0.4, 0.5) is 0 Å². The molecule has 1 atom stereocenters. The molecule has 0 bridgehead atoms. The summed E-state index contributed by atoms with van der Waals surface area (Å²) in [5, 5.41) is 1.97. The maximum atomic E-state index is 13.4. The summed E-state index contributed by atoms with van der Waals surface area (Å²) in [6, 6.07) is 16.3. The van der Waals surface area contributed by atoms with E-state index in [1.807, 2.05) is 48.1 Å². The average molecular weight is 480 g/mol. The Morgan fingerprint density at radius 1 is 0.833 bits per heavy atom. The van der Waals surface area contributed by atoms with Gasteiger partial charge < -0.3 is 18.8 Å². The molecule has 0 aliphatic carbocycles. The lowest BCUT2D eigenvalue weighted by molar-refractivity contribution is -0.149. The number of aryl methyl sites for hydroxylation is 2. The van der Waals surface area contributed by atoms with E-state index in [-0.39, 0.29) is 5.41 Å². The van der Waals surface area contributed by atoms with Crippen molar-refractivity contribution in [3.63, 3.8) is 0 Å². The third-order valence-corrected chi connectivity index (χ3v) is 8.60. The Bertz CT molecular complexity index is 1620. The van der Waals surface area contributed by atoms with Gasteiger partial charge in [-0.25, -0.2) is 9.59 Å². The van der Waals surface area contributed by atoms with Gasteiger partial charge in [0.25, 0.3) is 0 Å². The summed E-state index contributed by atoms with van der Waals surface area (Å²) in [6.07, 6.45) is 6.35. The van der Waals surface area contributed by atoms with Crippen molar-refractivity contribution in [2.24, 2.45) is 12.5 Å². The lowest BCUT2D eigenvalue weighted by Gasteiger charge is -2.45. The summed E-state index contributed by atoms with van der Waals surface area (Å²) in [5.74, 6) is -1.10. The van der Waals surface area contributed by atoms with Gasteiger partial charge in [-0.05, 0) is 56.8 Å². The van der Waals surface area contributed by atoms with Gasteiger partial charge in [-0.2, -0.15) is 0 Å². The summed E-state index contributed by atoms with van der Waals surface area (Å²) in [4.78, 5) is 29.1. The van der Waals surface area contributed by atoms with Crippen molar-refractivity contribution in [2.75, 3.05) is 20.1 Å².